The fraction of sp³-hybridized carbons (Fsp3) is 0.381. The van der Waals surface area contributed by atoms with E-state index in [9.17, 15) is 4.79 Å². The fourth-order valence-corrected chi connectivity index (χ4v) is 3.43. The van der Waals surface area contributed by atoms with Gasteiger partial charge in [0, 0.05) is 25.2 Å². The minimum Gasteiger partial charge on any atom is -0.497 e. The molecule has 4 nitrogen and oxygen atoms in total. The van der Waals surface area contributed by atoms with E-state index in [0.717, 1.165) is 25.4 Å². The average Bonchev–Trinajstić information content (AvgIpc) is 2.69. The molecule has 2 aromatic rings. The van der Waals surface area contributed by atoms with Crippen molar-refractivity contribution in [3.63, 3.8) is 0 Å². The highest BCUT2D eigenvalue weighted by molar-refractivity contribution is 5.94. The van der Waals surface area contributed by atoms with E-state index in [2.05, 4.69) is 40.5 Å². The van der Waals surface area contributed by atoms with E-state index in [0.29, 0.717) is 18.0 Å². The van der Waals surface area contributed by atoms with Crippen LogP contribution >= 0.6 is 0 Å². The Kier molecular flexibility index (Phi) is 6.07. The van der Waals surface area contributed by atoms with Gasteiger partial charge in [-0.05, 0) is 55.1 Å². The van der Waals surface area contributed by atoms with Crippen molar-refractivity contribution in [2.24, 2.45) is 0 Å². The number of ether oxygens (including phenoxy) is 1. The minimum atomic E-state index is -0.0285. The molecule has 1 heterocycles. The van der Waals surface area contributed by atoms with E-state index in [1.807, 2.05) is 12.1 Å². The van der Waals surface area contributed by atoms with Gasteiger partial charge in [-0.1, -0.05) is 30.3 Å². The van der Waals surface area contributed by atoms with Crippen molar-refractivity contribution in [1.29, 1.82) is 0 Å². The Morgan fingerprint density at radius 3 is 2.64 bits per heavy atom. The summed E-state index contributed by atoms with van der Waals surface area (Å²) in [6.45, 7) is 3.75. The summed E-state index contributed by atoms with van der Waals surface area (Å²) < 4.78 is 5.12. The van der Waals surface area contributed by atoms with Gasteiger partial charge in [0.1, 0.15) is 5.75 Å². The number of likely N-dealkylation sites (tertiary alicyclic amines) is 1. The highest BCUT2D eigenvalue weighted by atomic mass is 16.5. The van der Waals surface area contributed by atoms with Crippen molar-refractivity contribution >= 4 is 5.91 Å². The molecule has 3 rings (SSSR count). The predicted octanol–water partition coefficient (Wildman–Crippen LogP) is 3.30. The first-order chi connectivity index (χ1) is 12.3. The van der Waals surface area contributed by atoms with Gasteiger partial charge in [-0.3, -0.25) is 4.79 Å². The fourth-order valence-electron chi connectivity index (χ4n) is 3.43. The van der Waals surface area contributed by atoms with Crippen LogP contribution < -0.4 is 10.1 Å². The Morgan fingerprint density at radius 1 is 1.16 bits per heavy atom. The van der Waals surface area contributed by atoms with E-state index >= 15 is 0 Å². The summed E-state index contributed by atoms with van der Waals surface area (Å²) in [5.74, 6) is 1.34. The first kappa shape index (κ1) is 17.5. The van der Waals surface area contributed by atoms with Gasteiger partial charge < -0.3 is 15.0 Å². The number of nitrogens with zero attached hydrogens (tertiary/aromatic N) is 1. The minimum absolute atomic E-state index is 0.0285. The Hall–Kier alpha value is -2.33. The number of methoxy groups -OCH3 is 1. The summed E-state index contributed by atoms with van der Waals surface area (Å²) >= 11 is 0. The highest BCUT2D eigenvalue weighted by Gasteiger charge is 2.20. The maximum absolute atomic E-state index is 12.2. The molecule has 0 bridgehead atoms. The molecule has 25 heavy (non-hydrogen) atoms. The summed E-state index contributed by atoms with van der Waals surface area (Å²) in [4.78, 5) is 14.7. The lowest BCUT2D eigenvalue weighted by Gasteiger charge is -2.33. The van der Waals surface area contributed by atoms with E-state index in [1.165, 1.54) is 18.4 Å². The normalized spacial score (nSPS) is 17.9. The van der Waals surface area contributed by atoms with Crippen LogP contribution in [0.15, 0.2) is 54.6 Å². The van der Waals surface area contributed by atoms with Crippen LogP contribution in [0.5, 0.6) is 5.75 Å². The molecule has 4 heteroatoms. The summed E-state index contributed by atoms with van der Waals surface area (Å²) in [5, 5.41) is 3.02. The molecule has 0 spiro atoms. The smallest absolute Gasteiger partial charge is 0.251 e. The molecule has 0 unspecified atom stereocenters. The zero-order valence-electron chi connectivity index (χ0n) is 14.8. The number of benzene rings is 2. The second kappa shape index (κ2) is 8.67. The standard InChI is InChI=1S/C21H26N2O2/c1-25-20-11-9-18(10-12-20)21(24)22-13-15-23-14-5-8-19(16-23)17-6-3-2-4-7-17/h2-4,6-7,9-12,19H,5,8,13-16H2,1H3,(H,22,24)/t19-/m1/s1. The van der Waals surface area contributed by atoms with Gasteiger partial charge >= 0.3 is 0 Å². The van der Waals surface area contributed by atoms with Gasteiger partial charge in [0.2, 0.25) is 0 Å². The molecule has 1 amide bonds. The van der Waals surface area contributed by atoms with Gasteiger partial charge in [-0.15, -0.1) is 0 Å². The van der Waals surface area contributed by atoms with E-state index in [-0.39, 0.29) is 5.91 Å². The number of carbonyl (C=O) groups excluding carboxylic acids is 1. The largest absolute Gasteiger partial charge is 0.497 e. The molecular formula is C21H26N2O2. The maximum atomic E-state index is 12.2. The topological polar surface area (TPSA) is 41.6 Å². The molecule has 0 aliphatic carbocycles. The second-order valence-corrected chi connectivity index (χ2v) is 6.53. The molecule has 0 radical (unpaired) electrons. The summed E-state index contributed by atoms with van der Waals surface area (Å²) in [5.41, 5.74) is 2.09. The van der Waals surface area contributed by atoms with E-state index < -0.39 is 0 Å². The number of carbonyl (C=O) groups is 1. The first-order valence-corrected chi connectivity index (χ1v) is 8.96. The van der Waals surface area contributed by atoms with E-state index in [4.69, 9.17) is 4.74 Å². The summed E-state index contributed by atoms with van der Waals surface area (Å²) in [6, 6.07) is 17.9. The van der Waals surface area contributed by atoms with Gasteiger partial charge in [-0.25, -0.2) is 0 Å². The molecular weight excluding hydrogens is 312 g/mol. The molecule has 0 saturated carbocycles. The quantitative estimate of drug-likeness (QED) is 0.879. The molecule has 1 aliphatic rings. The van der Waals surface area contributed by atoms with E-state index in [1.54, 1.807) is 19.2 Å². The Balaban J connectivity index is 1.45. The number of amides is 1. The van der Waals surface area contributed by atoms with Gasteiger partial charge in [0.25, 0.3) is 5.91 Å². The first-order valence-electron chi connectivity index (χ1n) is 8.96. The number of piperidine rings is 1. The Bertz CT molecular complexity index is 670. The van der Waals surface area contributed by atoms with Crippen molar-refractivity contribution in [2.75, 3.05) is 33.3 Å². The molecule has 2 aromatic carbocycles. The van der Waals surface area contributed by atoms with Crippen molar-refractivity contribution in [1.82, 2.24) is 10.2 Å². The molecule has 1 aliphatic heterocycles. The SMILES string of the molecule is COc1ccc(C(=O)NCCN2CCC[C@@H](c3ccccc3)C2)cc1. The molecule has 1 fully saturated rings. The van der Waals surface area contributed by atoms with Crippen molar-refractivity contribution in [2.45, 2.75) is 18.8 Å². The lowest BCUT2D eigenvalue weighted by Crippen LogP contribution is -2.40. The van der Waals surface area contributed by atoms with Crippen LogP contribution in [0.1, 0.15) is 34.7 Å². The lowest BCUT2D eigenvalue weighted by molar-refractivity contribution is 0.0945. The highest BCUT2D eigenvalue weighted by Crippen LogP contribution is 2.26. The molecule has 132 valence electrons. The van der Waals surface area contributed by atoms with Crippen molar-refractivity contribution in [3.05, 3.63) is 65.7 Å². The van der Waals surface area contributed by atoms with Crippen molar-refractivity contribution in [3.8, 4) is 5.75 Å². The maximum Gasteiger partial charge on any atom is 0.251 e. The summed E-state index contributed by atoms with van der Waals surface area (Å²) in [6.07, 6.45) is 2.46. The van der Waals surface area contributed by atoms with Crippen LogP contribution in [0.25, 0.3) is 0 Å². The van der Waals surface area contributed by atoms with Crippen LogP contribution in [0.4, 0.5) is 0 Å². The third kappa shape index (κ3) is 4.83. The van der Waals surface area contributed by atoms with Crippen LogP contribution in [0.2, 0.25) is 0 Å². The van der Waals surface area contributed by atoms with Gasteiger partial charge in [0.15, 0.2) is 0 Å². The molecule has 1 atom stereocenters. The molecule has 1 N–H and O–H groups in total. The number of rotatable bonds is 6. The average molecular weight is 338 g/mol. The number of hydrogen-bond acceptors (Lipinski definition) is 3. The van der Waals surface area contributed by atoms with Gasteiger partial charge in [-0.2, -0.15) is 0 Å². The molecule has 1 saturated heterocycles. The number of hydrogen-bond donors (Lipinski definition) is 1. The van der Waals surface area contributed by atoms with Gasteiger partial charge in [0.05, 0.1) is 7.11 Å². The third-order valence-corrected chi connectivity index (χ3v) is 4.84. The van der Waals surface area contributed by atoms with Crippen LogP contribution in [-0.4, -0.2) is 44.1 Å². The Labute approximate surface area is 149 Å². The zero-order valence-corrected chi connectivity index (χ0v) is 14.8. The Morgan fingerprint density at radius 2 is 1.92 bits per heavy atom. The van der Waals surface area contributed by atoms with Crippen LogP contribution in [-0.2, 0) is 0 Å². The zero-order chi connectivity index (χ0) is 17.5. The number of nitrogens with one attached hydrogen (secondary N) is 1. The summed E-state index contributed by atoms with van der Waals surface area (Å²) in [7, 11) is 1.62. The monoisotopic (exact) mass is 338 g/mol. The molecule has 0 aromatic heterocycles. The van der Waals surface area contributed by atoms with Crippen molar-refractivity contribution < 1.29 is 9.53 Å². The van der Waals surface area contributed by atoms with Crippen LogP contribution in [0.3, 0.4) is 0 Å². The third-order valence-electron chi connectivity index (χ3n) is 4.84. The lowest BCUT2D eigenvalue weighted by atomic mass is 9.91. The second-order valence-electron chi connectivity index (χ2n) is 6.53. The predicted molar refractivity (Wildman–Crippen MR) is 100 cm³/mol. The van der Waals surface area contributed by atoms with Crippen LogP contribution in [0, 0.1) is 0 Å².